The van der Waals surface area contributed by atoms with E-state index in [4.69, 9.17) is 0 Å². The van der Waals surface area contributed by atoms with Crippen LogP contribution in [0.15, 0.2) is 41.8 Å². The van der Waals surface area contributed by atoms with E-state index in [-0.39, 0.29) is 29.7 Å². The van der Waals surface area contributed by atoms with Gasteiger partial charge in [-0.2, -0.15) is 0 Å². The summed E-state index contributed by atoms with van der Waals surface area (Å²) in [6.45, 7) is 1.94. The summed E-state index contributed by atoms with van der Waals surface area (Å²) in [5.41, 5.74) is 1.38. The van der Waals surface area contributed by atoms with Crippen LogP contribution in [-0.4, -0.2) is 48.3 Å². The van der Waals surface area contributed by atoms with Gasteiger partial charge in [0.05, 0.1) is 11.4 Å². The minimum atomic E-state index is -0.139. The number of amides is 3. The van der Waals surface area contributed by atoms with Crippen molar-refractivity contribution in [1.82, 2.24) is 10.2 Å². The van der Waals surface area contributed by atoms with Gasteiger partial charge >= 0.3 is 0 Å². The van der Waals surface area contributed by atoms with Crippen molar-refractivity contribution in [2.75, 3.05) is 30.3 Å². The molecule has 1 aromatic heterocycles. The van der Waals surface area contributed by atoms with Gasteiger partial charge in [0.25, 0.3) is 5.91 Å². The summed E-state index contributed by atoms with van der Waals surface area (Å²) in [6.07, 6.45) is 7.38. The number of carbonyl (C=O) groups excluding carboxylic acids is 3. The number of hydrogen-bond acceptors (Lipinski definition) is 5. The first-order valence-electron chi connectivity index (χ1n) is 11.8. The van der Waals surface area contributed by atoms with Crippen LogP contribution in [0, 0.1) is 5.92 Å². The standard InChI is InChI=1S/C25H32N4O3S/c30-23(26-19-8-10-20(11-9-19)28-25(32)22-7-4-16-33-22)17-29-14-12-21(13-15-29)27-24(31)18-5-2-1-3-6-18/h4,7-11,16,18,21H,1-3,5-6,12-15,17H2,(H,26,30)(H,27,31)(H,28,32). The summed E-state index contributed by atoms with van der Waals surface area (Å²) >= 11 is 1.39. The van der Waals surface area contributed by atoms with Crippen molar-refractivity contribution in [3.05, 3.63) is 46.7 Å². The molecule has 1 saturated carbocycles. The Labute approximate surface area is 198 Å². The van der Waals surface area contributed by atoms with Gasteiger partial charge in [0.2, 0.25) is 11.8 Å². The fraction of sp³-hybridized carbons (Fsp3) is 0.480. The number of hydrogen-bond donors (Lipinski definition) is 3. The van der Waals surface area contributed by atoms with Crippen LogP contribution < -0.4 is 16.0 Å². The van der Waals surface area contributed by atoms with Gasteiger partial charge in [0, 0.05) is 36.4 Å². The number of carbonyl (C=O) groups is 3. The summed E-state index contributed by atoms with van der Waals surface area (Å²) < 4.78 is 0. The van der Waals surface area contributed by atoms with E-state index in [0.717, 1.165) is 51.6 Å². The highest BCUT2D eigenvalue weighted by Crippen LogP contribution is 2.24. The third kappa shape index (κ3) is 6.88. The molecule has 0 bridgehead atoms. The van der Waals surface area contributed by atoms with Gasteiger partial charge in [-0.15, -0.1) is 11.3 Å². The second-order valence-corrected chi connectivity index (χ2v) is 9.90. The molecule has 7 nitrogen and oxygen atoms in total. The van der Waals surface area contributed by atoms with Crippen LogP contribution in [-0.2, 0) is 9.59 Å². The molecule has 0 atom stereocenters. The Balaban J connectivity index is 1.16. The number of nitrogens with zero attached hydrogens (tertiary/aromatic N) is 1. The van der Waals surface area contributed by atoms with Crippen LogP contribution in [0.4, 0.5) is 11.4 Å². The Morgan fingerprint density at radius 1 is 0.879 bits per heavy atom. The molecule has 0 spiro atoms. The third-order valence-corrected chi connectivity index (χ3v) is 7.32. The van der Waals surface area contributed by atoms with Crippen molar-refractivity contribution in [2.45, 2.75) is 51.0 Å². The molecule has 33 heavy (non-hydrogen) atoms. The van der Waals surface area contributed by atoms with Crippen LogP contribution in [0.5, 0.6) is 0 Å². The van der Waals surface area contributed by atoms with Crippen molar-refractivity contribution in [3.8, 4) is 0 Å². The molecule has 1 aliphatic heterocycles. The van der Waals surface area contributed by atoms with E-state index < -0.39 is 0 Å². The SMILES string of the molecule is O=C(CN1CCC(NC(=O)C2CCCCC2)CC1)Nc1ccc(NC(=O)c2cccs2)cc1. The maximum Gasteiger partial charge on any atom is 0.265 e. The number of benzene rings is 1. The maximum absolute atomic E-state index is 12.5. The number of anilines is 2. The summed E-state index contributed by atoms with van der Waals surface area (Å²) in [4.78, 5) is 39.8. The molecule has 2 aliphatic rings. The lowest BCUT2D eigenvalue weighted by atomic mass is 9.88. The average molecular weight is 469 g/mol. The molecular weight excluding hydrogens is 436 g/mol. The Kier molecular flexibility index (Phi) is 8.12. The molecule has 3 amide bonds. The molecule has 176 valence electrons. The summed E-state index contributed by atoms with van der Waals surface area (Å²) in [5, 5.41) is 10.9. The monoisotopic (exact) mass is 468 g/mol. The molecule has 1 aromatic carbocycles. The Morgan fingerprint density at radius 2 is 1.55 bits per heavy atom. The van der Waals surface area contributed by atoms with Crippen molar-refractivity contribution in [2.24, 2.45) is 5.92 Å². The lowest BCUT2D eigenvalue weighted by molar-refractivity contribution is -0.127. The molecule has 1 aliphatic carbocycles. The predicted octanol–water partition coefficient (Wildman–Crippen LogP) is 4.10. The van der Waals surface area contributed by atoms with Crippen molar-refractivity contribution >= 4 is 40.4 Å². The van der Waals surface area contributed by atoms with E-state index in [1.165, 1.54) is 17.8 Å². The van der Waals surface area contributed by atoms with Gasteiger partial charge in [0.1, 0.15) is 0 Å². The smallest absolute Gasteiger partial charge is 0.265 e. The van der Waals surface area contributed by atoms with Crippen molar-refractivity contribution < 1.29 is 14.4 Å². The number of piperidine rings is 1. The summed E-state index contributed by atoms with van der Waals surface area (Å²) in [6, 6.07) is 11.0. The number of nitrogens with one attached hydrogen (secondary N) is 3. The van der Waals surface area contributed by atoms with Gasteiger partial charge < -0.3 is 16.0 Å². The lowest BCUT2D eigenvalue weighted by Gasteiger charge is -2.33. The highest BCUT2D eigenvalue weighted by Gasteiger charge is 2.26. The zero-order valence-corrected chi connectivity index (χ0v) is 19.7. The molecule has 0 radical (unpaired) electrons. The summed E-state index contributed by atoms with van der Waals surface area (Å²) in [7, 11) is 0. The fourth-order valence-corrected chi connectivity index (χ4v) is 5.18. The quantitative estimate of drug-likeness (QED) is 0.571. The topological polar surface area (TPSA) is 90.5 Å². The van der Waals surface area contributed by atoms with E-state index in [1.807, 2.05) is 11.4 Å². The minimum absolute atomic E-state index is 0.0601. The molecule has 4 rings (SSSR count). The highest BCUT2D eigenvalue weighted by atomic mass is 32.1. The molecule has 2 aromatic rings. The zero-order valence-electron chi connectivity index (χ0n) is 18.8. The van der Waals surface area contributed by atoms with E-state index >= 15 is 0 Å². The van der Waals surface area contributed by atoms with Gasteiger partial charge in [-0.05, 0) is 61.4 Å². The Hall–Kier alpha value is -2.71. The van der Waals surface area contributed by atoms with Crippen LogP contribution in [0.25, 0.3) is 0 Å². The Morgan fingerprint density at radius 3 is 2.18 bits per heavy atom. The van der Waals surface area contributed by atoms with Gasteiger partial charge in [-0.1, -0.05) is 25.3 Å². The van der Waals surface area contributed by atoms with Crippen LogP contribution >= 0.6 is 11.3 Å². The molecule has 3 N–H and O–H groups in total. The number of likely N-dealkylation sites (tertiary alicyclic amines) is 1. The average Bonchev–Trinajstić information content (AvgIpc) is 3.37. The van der Waals surface area contributed by atoms with Crippen molar-refractivity contribution in [3.63, 3.8) is 0 Å². The van der Waals surface area contributed by atoms with Gasteiger partial charge in [0.15, 0.2) is 0 Å². The molecule has 2 heterocycles. The van der Waals surface area contributed by atoms with Crippen LogP contribution in [0.1, 0.15) is 54.6 Å². The predicted molar refractivity (Wildman–Crippen MR) is 132 cm³/mol. The maximum atomic E-state index is 12.5. The minimum Gasteiger partial charge on any atom is -0.353 e. The van der Waals surface area contributed by atoms with Crippen LogP contribution in [0.2, 0.25) is 0 Å². The largest absolute Gasteiger partial charge is 0.353 e. The van der Waals surface area contributed by atoms with Gasteiger partial charge in [-0.3, -0.25) is 19.3 Å². The molecule has 8 heteroatoms. The van der Waals surface area contributed by atoms with Gasteiger partial charge in [-0.25, -0.2) is 0 Å². The second-order valence-electron chi connectivity index (χ2n) is 8.95. The number of rotatable bonds is 7. The first kappa shape index (κ1) is 23.4. The first-order chi connectivity index (χ1) is 16.1. The van der Waals surface area contributed by atoms with Crippen LogP contribution in [0.3, 0.4) is 0 Å². The lowest BCUT2D eigenvalue weighted by Crippen LogP contribution is -2.48. The molecule has 1 saturated heterocycles. The van der Waals surface area contributed by atoms with E-state index in [0.29, 0.717) is 22.8 Å². The number of thiophene rings is 1. The van der Waals surface area contributed by atoms with E-state index in [9.17, 15) is 14.4 Å². The highest BCUT2D eigenvalue weighted by molar-refractivity contribution is 7.12. The first-order valence-corrected chi connectivity index (χ1v) is 12.7. The van der Waals surface area contributed by atoms with Crippen molar-refractivity contribution in [1.29, 1.82) is 0 Å². The fourth-order valence-electron chi connectivity index (χ4n) is 4.56. The second kappa shape index (κ2) is 11.4. The van der Waals surface area contributed by atoms with E-state index in [2.05, 4.69) is 20.9 Å². The van der Waals surface area contributed by atoms with E-state index in [1.54, 1.807) is 30.3 Å². The third-order valence-electron chi connectivity index (χ3n) is 6.45. The normalized spacial score (nSPS) is 17.9. The molecular formula is C25H32N4O3S. The molecule has 2 fully saturated rings. The Bertz CT molecular complexity index is 931. The molecule has 0 unspecified atom stereocenters. The summed E-state index contributed by atoms with van der Waals surface area (Å²) in [5.74, 6) is 0.217. The zero-order chi connectivity index (χ0) is 23.0.